The van der Waals surface area contributed by atoms with Gasteiger partial charge in [-0.15, -0.1) is 0 Å². The van der Waals surface area contributed by atoms with Gasteiger partial charge in [0.25, 0.3) is 5.92 Å². The molecular weight excluding hydrogens is 196 g/mol. The molecule has 0 spiro atoms. The lowest BCUT2D eigenvalue weighted by molar-refractivity contribution is 0.0268. The smallest absolute Gasteiger partial charge is 0.257 e. The SMILES string of the molecule is CC(C)(C)C1CCN2CC3C(C12)C3(F)F. The molecule has 2 saturated heterocycles. The van der Waals surface area contributed by atoms with Crippen molar-refractivity contribution in [1.29, 1.82) is 0 Å². The molecule has 86 valence electrons. The molecule has 3 fully saturated rings. The number of halogens is 2. The first kappa shape index (κ1) is 10.0. The molecule has 4 unspecified atom stereocenters. The predicted octanol–water partition coefficient (Wildman–Crippen LogP) is 2.62. The average molecular weight is 215 g/mol. The van der Waals surface area contributed by atoms with E-state index in [1.807, 2.05) is 0 Å². The molecule has 0 N–H and O–H groups in total. The Hall–Kier alpha value is -0.180. The van der Waals surface area contributed by atoms with Crippen LogP contribution in [0.15, 0.2) is 0 Å². The fraction of sp³-hybridized carbons (Fsp3) is 1.00. The zero-order chi connectivity index (χ0) is 11.0. The average Bonchev–Trinajstić information content (AvgIpc) is 2.48. The largest absolute Gasteiger partial charge is 0.299 e. The third kappa shape index (κ3) is 1.16. The van der Waals surface area contributed by atoms with Gasteiger partial charge in [-0.25, -0.2) is 8.78 Å². The van der Waals surface area contributed by atoms with E-state index in [1.165, 1.54) is 0 Å². The molecule has 0 aromatic rings. The first-order chi connectivity index (χ1) is 6.83. The van der Waals surface area contributed by atoms with Gasteiger partial charge in [-0.05, 0) is 24.3 Å². The molecule has 0 aromatic carbocycles. The Morgan fingerprint density at radius 2 is 1.93 bits per heavy atom. The van der Waals surface area contributed by atoms with E-state index >= 15 is 0 Å². The van der Waals surface area contributed by atoms with E-state index in [0.717, 1.165) is 13.0 Å². The summed E-state index contributed by atoms with van der Waals surface area (Å²) in [5.41, 5.74) is 0.174. The fourth-order valence-corrected chi connectivity index (χ4v) is 3.88. The van der Waals surface area contributed by atoms with Crippen LogP contribution in [0.4, 0.5) is 8.78 Å². The maximum atomic E-state index is 13.4. The first-order valence-electron chi connectivity index (χ1n) is 5.95. The fourth-order valence-electron chi connectivity index (χ4n) is 3.88. The second-order valence-electron chi connectivity index (χ2n) is 6.55. The summed E-state index contributed by atoms with van der Waals surface area (Å²) in [6.45, 7) is 8.25. The van der Waals surface area contributed by atoms with Gasteiger partial charge >= 0.3 is 0 Å². The van der Waals surface area contributed by atoms with Gasteiger partial charge in [-0.1, -0.05) is 20.8 Å². The van der Waals surface area contributed by atoms with Gasteiger partial charge in [0.05, 0.1) is 0 Å². The molecule has 4 atom stereocenters. The maximum Gasteiger partial charge on any atom is 0.257 e. The molecule has 1 nitrogen and oxygen atoms in total. The normalized spacial score (nSPS) is 47.8. The molecule has 3 heteroatoms. The summed E-state index contributed by atoms with van der Waals surface area (Å²) in [4.78, 5) is 2.31. The summed E-state index contributed by atoms with van der Waals surface area (Å²) >= 11 is 0. The lowest BCUT2D eigenvalue weighted by atomic mass is 9.75. The first-order valence-corrected chi connectivity index (χ1v) is 5.95. The summed E-state index contributed by atoms with van der Waals surface area (Å²) in [7, 11) is 0. The Morgan fingerprint density at radius 1 is 1.27 bits per heavy atom. The van der Waals surface area contributed by atoms with Crippen LogP contribution in [0.3, 0.4) is 0 Å². The molecule has 1 aliphatic carbocycles. The van der Waals surface area contributed by atoms with Crippen molar-refractivity contribution < 1.29 is 8.78 Å². The zero-order valence-electron chi connectivity index (χ0n) is 9.63. The summed E-state index contributed by atoms with van der Waals surface area (Å²) < 4.78 is 26.8. The van der Waals surface area contributed by atoms with Crippen LogP contribution in [0.5, 0.6) is 0 Å². The minimum atomic E-state index is -2.34. The van der Waals surface area contributed by atoms with Crippen LogP contribution in [0, 0.1) is 23.2 Å². The van der Waals surface area contributed by atoms with Crippen molar-refractivity contribution in [2.24, 2.45) is 23.2 Å². The third-order valence-electron chi connectivity index (χ3n) is 4.74. The van der Waals surface area contributed by atoms with Gasteiger partial charge < -0.3 is 0 Å². The van der Waals surface area contributed by atoms with E-state index in [4.69, 9.17) is 0 Å². The van der Waals surface area contributed by atoms with Crippen molar-refractivity contribution in [2.45, 2.75) is 39.2 Å². The highest BCUT2D eigenvalue weighted by Gasteiger charge is 2.77. The Bertz CT molecular complexity index is 294. The second-order valence-corrected chi connectivity index (χ2v) is 6.55. The number of hydrogen-bond donors (Lipinski definition) is 0. The minimum absolute atomic E-state index is 0.171. The molecular formula is C12H19F2N. The van der Waals surface area contributed by atoms with Crippen molar-refractivity contribution >= 4 is 0 Å². The van der Waals surface area contributed by atoms with E-state index in [2.05, 4.69) is 25.7 Å². The van der Waals surface area contributed by atoms with Crippen LogP contribution < -0.4 is 0 Å². The number of fused-ring (bicyclic) bond motifs is 3. The molecule has 0 amide bonds. The van der Waals surface area contributed by atoms with Crippen molar-refractivity contribution in [3.05, 3.63) is 0 Å². The quantitative estimate of drug-likeness (QED) is 0.600. The molecule has 1 saturated carbocycles. The molecule has 15 heavy (non-hydrogen) atoms. The van der Waals surface area contributed by atoms with Crippen molar-refractivity contribution in [1.82, 2.24) is 4.90 Å². The molecule has 2 heterocycles. The summed E-state index contributed by atoms with van der Waals surface area (Å²) in [5.74, 6) is -2.51. The molecule has 3 aliphatic rings. The van der Waals surface area contributed by atoms with Gasteiger partial charge in [0.15, 0.2) is 0 Å². The predicted molar refractivity (Wildman–Crippen MR) is 54.9 cm³/mol. The number of alkyl halides is 2. The number of rotatable bonds is 0. The summed E-state index contributed by atoms with van der Waals surface area (Å²) in [6, 6.07) is 0.171. The van der Waals surface area contributed by atoms with Crippen LogP contribution in [0.2, 0.25) is 0 Å². The Labute approximate surface area is 89.8 Å². The highest BCUT2D eigenvalue weighted by atomic mass is 19.3. The Balaban J connectivity index is 1.86. The third-order valence-corrected chi connectivity index (χ3v) is 4.74. The zero-order valence-corrected chi connectivity index (χ0v) is 9.63. The van der Waals surface area contributed by atoms with E-state index in [9.17, 15) is 8.78 Å². The van der Waals surface area contributed by atoms with Crippen LogP contribution in [-0.4, -0.2) is 30.0 Å². The second kappa shape index (κ2) is 2.55. The van der Waals surface area contributed by atoms with Crippen molar-refractivity contribution in [2.75, 3.05) is 13.1 Å². The lowest BCUT2D eigenvalue weighted by Gasteiger charge is -2.33. The highest BCUT2D eigenvalue weighted by molar-refractivity contribution is 5.20. The van der Waals surface area contributed by atoms with E-state index in [-0.39, 0.29) is 23.3 Å². The standard InChI is InChI=1S/C12H19F2N/c1-11(2,3)7-4-5-15-6-8-9(10(7)15)12(8,13)14/h7-10H,4-6H2,1-3H3. The maximum absolute atomic E-state index is 13.4. The number of hydrogen-bond acceptors (Lipinski definition) is 1. The topological polar surface area (TPSA) is 3.24 Å². The van der Waals surface area contributed by atoms with E-state index < -0.39 is 5.92 Å². The van der Waals surface area contributed by atoms with Crippen LogP contribution in [0.1, 0.15) is 27.2 Å². The van der Waals surface area contributed by atoms with Crippen molar-refractivity contribution in [3.63, 3.8) is 0 Å². The number of piperidine rings is 1. The van der Waals surface area contributed by atoms with Crippen molar-refractivity contribution in [3.8, 4) is 0 Å². The molecule has 0 radical (unpaired) electrons. The molecule has 0 aromatic heterocycles. The van der Waals surface area contributed by atoms with Crippen LogP contribution >= 0.6 is 0 Å². The van der Waals surface area contributed by atoms with E-state index in [1.54, 1.807) is 0 Å². The minimum Gasteiger partial charge on any atom is -0.299 e. The Morgan fingerprint density at radius 3 is 2.53 bits per heavy atom. The molecule has 3 rings (SSSR count). The van der Waals surface area contributed by atoms with Gasteiger partial charge in [0.1, 0.15) is 0 Å². The number of nitrogens with zero attached hydrogens (tertiary/aromatic N) is 1. The van der Waals surface area contributed by atoms with Crippen LogP contribution in [0.25, 0.3) is 0 Å². The Kier molecular flexibility index (Phi) is 1.70. The molecule has 0 bridgehead atoms. The van der Waals surface area contributed by atoms with Gasteiger partial charge in [-0.3, -0.25) is 4.90 Å². The van der Waals surface area contributed by atoms with Gasteiger partial charge in [0.2, 0.25) is 0 Å². The monoisotopic (exact) mass is 215 g/mol. The highest BCUT2D eigenvalue weighted by Crippen LogP contribution is 2.66. The van der Waals surface area contributed by atoms with Gasteiger partial charge in [-0.2, -0.15) is 0 Å². The van der Waals surface area contributed by atoms with E-state index in [0.29, 0.717) is 12.5 Å². The lowest BCUT2D eigenvalue weighted by Crippen LogP contribution is -2.38. The summed E-state index contributed by atoms with van der Waals surface area (Å²) in [6.07, 6.45) is 1.10. The summed E-state index contributed by atoms with van der Waals surface area (Å²) in [5, 5.41) is 0. The molecule has 2 aliphatic heterocycles. The van der Waals surface area contributed by atoms with Gasteiger partial charge in [0, 0.05) is 24.4 Å². The van der Waals surface area contributed by atoms with Crippen LogP contribution in [-0.2, 0) is 0 Å².